The topological polar surface area (TPSA) is 46.2 Å². The van der Waals surface area contributed by atoms with Crippen molar-refractivity contribution in [2.75, 3.05) is 19.8 Å². The van der Waals surface area contributed by atoms with Crippen LogP contribution in [0.4, 0.5) is 0 Å². The first kappa shape index (κ1) is 15.3. The Morgan fingerprint density at radius 2 is 2.39 bits per heavy atom. The summed E-state index contributed by atoms with van der Waals surface area (Å²) in [6.07, 6.45) is 3.75. The summed E-state index contributed by atoms with van der Waals surface area (Å²) < 4.78 is 5.26. The monoisotopic (exact) mass is 287 g/mol. The fourth-order valence-corrected chi connectivity index (χ4v) is 2.49. The van der Waals surface area contributed by atoms with Gasteiger partial charge in [-0.25, -0.2) is 4.98 Å². The Kier molecular flexibility index (Phi) is 7.88. The summed E-state index contributed by atoms with van der Waals surface area (Å²) in [5.74, 6) is 0. The molecule has 18 heavy (non-hydrogen) atoms. The molecule has 0 aliphatic heterocycles. The third kappa shape index (κ3) is 5.75. The predicted molar refractivity (Wildman–Crippen MR) is 80.0 cm³/mol. The van der Waals surface area contributed by atoms with Gasteiger partial charge in [-0.15, -0.1) is 11.3 Å². The Bertz CT molecular complexity index is 330. The van der Waals surface area contributed by atoms with Crippen molar-refractivity contribution in [2.24, 2.45) is 0 Å². The lowest BCUT2D eigenvalue weighted by molar-refractivity contribution is 0.145. The van der Waals surface area contributed by atoms with Crippen molar-refractivity contribution in [3.63, 3.8) is 0 Å². The summed E-state index contributed by atoms with van der Waals surface area (Å²) in [6, 6.07) is 0.205. The fraction of sp³-hybridized carbons (Fsp3) is 0.667. The van der Waals surface area contributed by atoms with Gasteiger partial charge in [0.25, 0.3) is 0 Å². The van der Waals surface area contributed by atoms with Gasteiger partial charge in [0.1, 0.15) is 5.01 Å². The number of nitrogens with zero attached hydrogens (tertiary/aromatic N) is 1. The number of rotatable bonds is 8. The van der Waals surface area contributed by atoms with E-state index in [9.17, 15) is 0 Å². The molecule has 4 nitrogen and oxygen atoms in total. The van der Waals surface area contributed by atoms with E-state index in [4.69, 9.17) is 17.0 Å². The molecule has 1 unspecified atom stereocenters. The van der Waals surface area contributed by atoms with Crippen LogP contribution in [0.5, 0.6) is 0 Å². The molecule has 1 heterocycles. The van der Waals surface area contributed by atoms with E-state index in [1.54, 1.807) is 11.3 Å². The first-order valence-electron chi connectivity index (χ1n) is 6.29. The third-order valence-corrected chi connectivity index (χ3v) is 3.57. The van der Waals surface area contributed by atoms with Crippen LogP contribution in [0.25, 0.3) is 0 Å². The maximum Gasteiger partial charge on any atom is 0.166 e. The molecule has 1 aromatic rings. The number of nitrogens with one attached hydrogen (secondary N) is 2. The molecule has 0 aromatic carbocycles. The average Bonchev–Trinajstić information content (AvgIpc) is 2.89. The van der Waals surface area contributed by atoms with Crippen molar-refractivity contribution in [3.8, 4) is 0 Å². The molecule has 0 bridgehead atoms. The van der Waals surface area contributed by atoms with Crippen LogP contribution < -0.4 is 10.6 Å². The van der Waals surface area contributed by atoms with Crippen molar-refractivity contribution in [1.82, 2.24) is 15.6 Å². The summed E-state index contributed by atoms with van der Waals surface area (Å²) in [5, 5.41) is 10.2. The van der Waals surface area contributed by atoms with Crippen molar-refractivity contribution in [1.29, 1.82) is 0 Å². The van der Waals surface area contributed by atoms with E-state index in [0.29, 0.717) is 5.11 Å². The van der Waals surface area contributed by atoms with Crippen LogP contribution in [-0.4, -0.2) is 29.9 Å². The van der Waals surface area contributed by atoms with Crippen molar-refractivity contribution < 1.29 is 4.74 Å². The molecule has 0 radical (unpaired) electrons. The zero-order chi connectivity index (χ0) is 13.2. The molecule has 6 heteroatoms. The van der Waals surface area contributed by atoms with Crippen LogP contribution in [-0.2, 0) is 4.74 Å². The normalized spacial score (nSPS) is 12.1. The molecular weight excluding hydrogens is 266 g/mol. The van der Waals surface area contributed by atoms with Gasteiger partial charge < -0.3 is 15.4 Å². The number of hydrogen-bond acceptors (Lipinski definition) is 4. The molecule has 0 saturated carbocycles. The minimum Gasteiger partial charge on any atom is -0.382 e. The van der Waals surface area contributed by atoms with Crippen LogP contribution in [0, 0.1) is 0 Å². The second kappa shape index (κ2) is 9.24. The van der Waals surface area contributed by atoms with E-state index in [2.05, 4.69) is 22.5 Å². The zero-order valence-electron chi connectivity index (χ0n) is 10.9. The molecule has 1 rings (SSSR count). The van der Waals surface area contributed by atoms with E-state index in [1.807, 2.05) is 18.5 Å². The Labute approximate surface area is 118 Å². The molecule has 0 fully saturated rings. The fourth-order valence-electron chi connectivity index (χ4n) is 1.47. The highest BCUT2D eigenvalue weighted by Crippen LogP contribution is 2.18. The van der Waals surface area contributed by atoms with Crippen LogP contribution >= 0.6 is 23.6 Å². The molecule has 0 saturated heterocycles. The Morgan fingerprint density at radius 1 is 1.56 bits per heavy atom. The lowest BCUT2D eigenvalue weighted by Gasteiger charge is -2.17. The summed E-state index contributed by atoms with van der Waals surface area (Å²) in [4.78, 5) is 4.31. The molecule has 1 atom stereocenters. The van der Waals surface area contributed by atoms with Crippen molar-refractivity contribution in [2.45, 2.75) is 32.7 Å². The second-order valence-electron chi connectivity index (χ2n) is 3.78. The first-order chi connectivity index (χ1) is 8.77. The minimum absolute atomic E-state index is 0.205. The predicted octanol–water partition coefficient (Wildman–Crippen LogP) is 2.48. The van der Waals surface area contributed by atoms with Crippen LogP contribution in [0.1, 0.15) is 37.7 Å². The first-order valence-corrected chi connectivity index (χ1v) is 7.58. The molecule has 1 aromatic heterocycles. The minimum atomic E-state index is 0.205. The highest BCUT2D eigenvalue weighted by atomic mass is 32.1. The standard InChI is InChI=1S/C12H21N3OS2/c1-3-10(11-13-7-9-18-11)15-12(17)14-6-5-8-16-4-2/h7,9-10H,3-6,8H2,1-2H3,(H2,14,15,17). The van der Waals surface area contributed by atoms with Crippen LogP contribution in [0.2, 0.25) is 0 Å². The SMILES string of the molecule is CCOCCCNC(=S)NC(CC)c1nccs1. The molecule has 0 amide bonds. The quantitative estimate of drug-likeness (QED) is 0.568. The maximum atomic E-state index is 5.26. The summed E-state index contributed by atoms with van der Waals surface area (Å²) in [7, 11) is 0. The Hall–Kier alpha value is -0.720. The number of ether oxygens (including phenoxy) is 1. The summed E-state index contributed by atoms with van der Waals surface area (Å²) >= 11 is 6.91. The molecule has 0 aliphatic rings. The maximum absolute atomic E-state index is 5.26. The van der Waals surface area contributed by atoms with Gasteiger partial charge in [-0.2, -0.15) is 0 Å². The number of thiocarbonyl (C=S) groups is 1. The van der Waals surface area contributed by atoms with Gasteiger partial charge in [0.15, 0.2) is 5.11 Å². The summed E-state index contributed by atoms with van der Waals surface area (Å²) in [5.41, 5.74) is 0. The number of hydrogen-bond donors (Lipinski definition) is 2. The van der Waals surface area contributed by atoms with Gasteiger partial charge in [0, 0.05) is 31.3 Å². The van der Waals surface area contributed by atoms with Crippen LogP contribution in [0.15, 0.2) is 11.6 Å². The van der Waals surface area contributed by atoms with Crippen molar-refractivity contribution in [3.05, 3.63) is 16.6 Å². The lowest BCUT2D eigenvalue weighted by atomic mass is 10.2. The van der Waals surface area contributed by atoms with Gasteiger partial charge in [-0.3, -0.25) is 0 Å². The summed E-state index contributed by atoms with van der Waals surface area (Å²) in [6.45, 7) is 6.50. The third-order valence-electron chi connectivity index (χ3n) is 2.42. The number of thiazole rings is 1. The van der Waals surface area contributed by atoms with Gasteiger partial charge in [-0.1, -0.05) is 6.92 Å². The van der Waals surface area contributed by atoms with Gasteiger partial charge in [0.2, 0.25) is 0 Å². The van der Waals surface area contributed by atoms with Gasteiger partial charge >= 0.3 is 0 Å². The Balaban J connectivity index is 2.22. The van der Waals surface area contributed by atoms with E-state index in [-0.39, 0.29) is 6.04 Å². The highest BCUT2D eigenvalue weighted by Gasteiger charge is 2.12. The highest BCUT2D eigenvalue weighted by molar-refractivity contribution is 7.80. The molecule has 0 aliphatic carbocycles. The van der Waals surface area contributed by atoms with E-state index in [0.717, 1.165) is 37.6 Å². The molecule has 0 spiro atoms. The number of aromatic nitrogens is 1. The Morgan fingerprint density at radius 3 is 3.00 bits per heavy atom. The molecular formula is C12H21N3OS2. The van der Waals surface area contributed by atoms with E-state index >= 15 is 0 Å². The lowest BCUT2D eigenvalue weighted by Crippen LogP contribution is -2.38. The van der Waals surface area contributed by atoms with Gasteiger partial charge in [0.05, 0.1) is 6.04 Å². The molecule has 102 valence electrons. The van der Waals surface area contributed by atoms with Gasteiger partial charge in [-0.05, 0) is 32.0 Å². The smallest absolute Gasteiger partial charge is 0.166 e. The van der Waals surface area contributed by atoms with Crippen LogP contribution in [0.3, 0.4) is 0 Å². The van der Waals surface area contributed by atoms with Crippen molar-refractivity contribution >= 4 is 28.7 Å². The molecule has 2 N–H and O–H groups in total. The average molecular weight is 287 g/mol. The largest absolute Gasteiger partial charge is 0.382 e. The van der Waals surface area contributed by atoms with E-state index < -0.39 is 0 Å². The zero-order valence-corrected chi connectivity index (χ0v) is 12.6. The second-order valence-corrected chi connectivity index (χ2v) is 5.12. The van der Waals surface area contributed by atoms with E-state index in [1.165, 1.54) is 0 Å².